The van der Waals surface area contributed by atoms with Crippen molar-refractivity contribution in [2.75, 3.05) is 12.8 Å². The molecule has 0 heterocycles. The van der Waals surface area contributed by atoms with Gasteiger partial charge in [0.1, 0.15) is 0 Å². The topological polar surface area (TPSA) is 29.1 Å². The summed E-state index contributed by atoms with van der Waals surface area (Å²) < 4.78 is 26.1. The quantitative estimate of drug-likeness (QED) is 0.901. The minimum atomic E-state index is -1.10. The van der Waals surface area contributed by atoms with Gasteiger partial charge in [-0.05, 0) is 32.2 Å². The second-order valence-electron chi connectivity index (χ2n) is 4.25. The van der Waals surface area contributed by atoms with Crippen molar-refractivity contribution < 1.29 is 13.6 Å². The van der Waals surface area contributed by atoms with E-state index >= 15 is 0 Å². The van der Waals surface area contributed by atoms with Gasteiger partial charge in [-0.15, -0.1) is 0 Å². The summed E-state index contributed by atoms with van der Waals surface area (Å²) in [5.74, 6) is -2.71. The van der Waals surface area contributed by atoms with Gasteiger partial charge in [0.15, 0.2) is 11.6 Å². The van der Waals surface area contributed by atoms with Crippen molar-refractivity contribution >= 4 is 17.7 Å². The van der Waals surface area contributed by atoms with Crippen LogP contribution in [-0.2, 0) is 0 Å². The van der Waals surface area contributed by atoms with Crippen LogP contribution in [-0.4, -0.2) is 23.5 Å². The van der Waals surface area contributed by atoms with Crippen LogP contribution in [0.25, 0.3) is 0 Å². The van der Waals surface area contributed by atoms with Gasteiger partial charge in [-0.3, -0.25) is 4.79 Å². The van der Waals surface area contributed by atoms with E-state index < -0.39 is 17.5 Å². The summed E-state index contributed by atoms with van der Waals surface area (Å²) in [4.78, 5) is 11.7. The molecule has 0 radical (unpaired) electrons. The minimum absolute atomic E-state index is 0.139. The second-order valence-corrected chi connectivity index (χ2v) is 5.76. The van der Waals surface area contributed by atoms with Crippen LogP contribution >= 0.6 is 11.8 Å². The summed E-state index contributed by atoms with van der Waals surface area (Å²) in [6, 6.07) is 3.56. The van der Waals surface area contributed by atoms with Crippen LogP contribution in [0.4, 0.5) is 8.78 Å². The molecule has 5 heteroatoms. The molecule has 0 atom stereocenters. The highest BCUT2D eigenvalue weighted by Gasteiger charge is 2.20. The number of carbonyl (C=O) groups excluding carboxylic acids is 1. The van der Waals surface area contributed by atoms with Crippen LogP contribution in [0.15, 0.2) is 18.2 Å². The molecular weight excluding hydrogens is 244 g/mol. The van der Waals surface area contributed by atoms with Crippen LogP contribution in [0.3, 0.4) is 0 Å². The molecule has 1 aromatic rings. The number of thioether (sulfide) groups is 1. The Morgan fingerprint density at radius 2 is 2.06 bits per heavy atom. The zero-order valence-corrected chi connectivity index (χ0v) is 10.8. The van der Waals surface area contributed by atoms with E-state index in [4.69, 9.17) is 0 Å². The molecule has 1 aromatic carbocycles. The molecule has 0 aliphatic rings. The average Bonchev–Trinajstić information content (AvgIpc) is 2.30. The van der Waals surface area contributed by atoms with Crippen LogP contribution in [0.2, 0.25) is 0 Å². The number of rotatable bonds is 4. The molecule has 1 rings (SSSR count). The van der Waals surface area contributed by atoms with Crippen LogP contribution in [0, 0.1) is 11.6 Å². The monoisotopic (exact) mass is 259 g/mol. The summed E-state index contributed by atoms with van der Waals surface area (Å²) >= 11 is 1.59. The second kappa shape index (κ2) is 5.49. The van der Waals surface area contributed by atoms with Crippen molar-refractivity contribution in [3.05, 3.63) is 35.4 Å². The maximum Gasteiger partial charge on any atom is 0.254 e. The number of halogens is 2. The number of nitrogens with one attached hydrogen (secondary N) is 1. The molecule has 1 amide bonds. The lowest BCUT2D eigenvalue weighted by atomic mass is 10.1. The lowest BCUT2D eigenvalue weighted by Crippen LogP contribution is -2.36. The summed E-state index contributed by atoms with van der Waals surface area (Å²) in [6.07, 6.45) is 1.93. The van der Waals surface area contributed by atoms with Gasteiger partial charge < -0.3 is 5.32 Å². The Bertz CT molecular complexity index is 421. The lowest BCUT2D eigenvalue weighted by molar-refractivity contribution is 0.0945. The Hall–Kier alpha value is -1.10. The molecule has 0 aromatic heterocycles. The Labute approximate surface area is 104 Å². The molecular formula is C12H15F2NOS. The highest BCUT2D eigenvalue weighted by Crippen LogP contribution is 2.20. The third-order valence-corrected chi connectivity index (χ3v) is 3.67. The van der Waals surface area contributed by atoms with Gasteiger partial charge in [-0.1, -0.05) is 6.07 Å². The van der Waals surface area contributed by atoms with E-state index in [1.807, 2.05) is 20.1 Å². The lowest BCUT2D eigenvalue weighted by Gasteiger charge is -2.22. The molecule has 0 unspecified atom stereocenters. The fraction of sp³-hybridized carbons (Fsp3) is 0.417. The largest absolute Gasteiger partial charge is 0.351 e. The van der Waals surface area contributed by atoms with Gasteiger partial charge in [-0.25, -0.2) is 8.78 Å². The van der Waals surface area contributed by atoms with E-state index in [0.29, 0.717) is 6.54 Å². The Balaban J connectivity index is 2.74. The first-order valence-corrected chi connectivity index (χ1v) is 6.37. The van der Waals surface area contributed by atoms with Gasteiger partial charge in [-0.2, -0.15) is 11.8 Å². The molecule has 0 fully saturated rings. The average molecular weight is 259 g/mol. The maximum atomic E-state index is 13.3. The molecule has 0 bridgehead atoms. The van der Waals surface area contributed by atoms with E-state index in [1.54, 1.807) is 11.8 Å². The fourth-order valence-electron chi connectivity index (χ4n) is 1.14. The summed E-state index contributed by atoms with van der Waals surface area (Å²) in [5, 5.41) is 2.59. The molecule has 1 N–H and O–H groups in total. The van der Waals surface area contributed by atoms with E-state index in [1.165, 1.54) is 12.1 Å². The Kier molecular flexibility index (Phi) is 4.51. The van der Waals surface area contributed by atoms with Crippen molar-refractivity contribution in [2.45, 2.75) is 18.6 Å². The summed E-state index contributed by atoms with van der Waals surface area (Å²) in [6.45, 7) is 4.31. The minimum Gasteiger partial charge on any atom is -0.351 e. The highest BCUT2D eigenvalue weighted by molar-refractivity contribution is 7.99. The number of benzene rings is 1. The molecule has 94 valence electrons. The SMILES string of the molecule is CSC(C)(C)CNC(=O)c1cccc(F)c1F. The van der Waals surface area contributed by atoms with Gasteiger partial charge >= 0.3 is 0 Å². The highest BCUT2D eigenvalue weighted by atomic mass is 32.2. The molecule has 0 saturated carbocycles. The fourth-order valence-corrected chi connectivity index (χ4v) is 1.36. The van der Waals surface area contributed by atoms with Gasteiger partial charge in [0.2, 0.25) is 0 Å². The number of carbonyl (C=O) groups is 1. The van der Waals surface area contributed by atoms with Crippen LogP contribution in [0.1, 0.15) is 24.2 Å². The Morgan fingerprint density at radius 3 is 2.65 bits per heavy atom. The zero-order valence-electron chi connectivity index (χ0n) is 10.0. The molecule has 2 nitrogen and oxygen atoms in total. The van der Waals surface area contributed by atoms with E-state index in [9.17, 15) is 13.6 Å². The number of amides is 1. The van der Waals surface area contributed by atoms with E-state index in [-0.39, 0.29) is 10.3 Å². The number of hydrogen-bond donors (Lipinski definition) is 1. The van der Waals surface area contributed by atoms with E-state index in [2.05, 4.69) is 5.32 Å². The van der Waals surface area contributed by atoms with E-state index in [0.717, 1.165) is 6.07 Å². The van der Waals surface area contributed by atoms with Crippen molar-refractivity contribution in [1.82, 2.24) is 5.32 Å². The normalized spacial score (nSPS) is 11.4. The number of hydrogen-bond acceptors (Lipinski definition) is 2. The van der Waals surface area contributed by atoms with Crippen molar-refractivity contribution in [3.8, 4) is 0 Å². The summed E-state index contributed by atoms with van der Waals surface area (Å²) in [7, 11) is 0. The van der Waals surface area contributed by atoms with Crippen LogP contribution in [0.5, 0.6) is 0 Å². The summed E-state index contributed by atoms with van der Waals surface area (Å²) in [5.41, 5.74) is -0.262. The molecule has 0 aliphatic carbocycles. The zero-order chi connectivity index (χ0) is 13.1. The first-order chi connectivity index (χ1) is 7.87. The maximum absolute atomic E-state index is 13.3. The van der Waals surface area contributed by atoms with Gasteiger partial charge in [0, 0.05) is 11.3 Å². The first-order valence-electron chi connectivity index (χ1n) is 5.15. The standard InChI is InChI=1S/C12H15F2NOS/c1-12(2,17-3)7-15-11(16)8-5-4-6-9(13)10(8)14/h4-6H,7H2,1-3H3,(H,15,16). The molecule has 17 heavy (non-hydrogen) atoms. The third-order valence-electron chi connectivity index (χ3n) is 2.42. The molecule has 0 saturated heterocycles. The van der Waals surface area contributed by atoms with Gasteiger partial charge in [0.25, 0.3) is 5.91 Å². The van der Waals surface area contributed by atoms with Crippen molar-refractivity contribution in [1.29, 1.82) is 0 Å². The molecule has 0 spiro atoms. The smallest absolute Gasteiger partial charge is 0.254 e. The van der Waals surface area contributed by atoms with Crippen molar-refractivity contribution in [3.63, 3.8) is 0 Å². The van der Waals surface area contributed by atoms with Crippen molar-refractivity contribution in [2.24, 2.45) is 0 Å². The van der Waals surface area contributed by atoms with Crippen LogP contribution < -0.4 is 5.32 Å². The Morgan fingerprint density at radius 1 is 1.41 bits per heavy atom. The third kappa shape index (κ3) is 3.70. The predicted molar refractivity (Wildman–Crippen MR) is 66.3 cm³/mol. The predicted octanol–water partition coefficient (Wildman–Crippen LogP) is 2.84. The van der Waals surface area contributed by atoms with Gasteiger partial charge in [0.05, 0.1) is 5.56 Å². The molecule has 0 aliphatic heterocycles. The first kappa shape index (κ1) is 14.0.